The molecule has 4 rings (SSSR count). The number of carbonyl (C=O) groups is 3. The highest BCUT2D eigenvalue weighted by Gasteiger charge is 2.20. The summed E-state index contributed by atoms with van der Waals surface area (Å²) in [6, 6.07) is 21.9. The Morgan fingerprint density at radius 2 is 1.46 bits per heavy atom. The predicted molar refractivity (Wildman–Crippen MR) is 132 cm³/mol. The average molecular weight is 472 g/mol. The van der Waals surface area contributed by atoms with Crippen molar-refractivity contribution in [3.63, 3.8) is 0 Å². The first-order chi connectivity index (χ1) is 16.7. The van der Waals surface area contributed by atoms with E-state index in [2.05, 4.69) is 10.6 Å². The number of nitrogens with one attached hydrogen (secondary N) is 2. The Hall–Kier alpha value is -4.59. The van der Waals surface area contributed by atoms with Gasteiger partial charge in [0.2, 0.25) is 0 Å². The van der Waals surface area contributed by atoms with E-state index >= 15 is 0 Å². The largest absolute Gasteiger partial charge is 0.447 e. The predicted octanol–water partition coefficient (Wildman–Crippen LogP) is 6.25. The molecular formula is C27H24N2O6. The Balaban J connectivity index is 1.53. The summed E-state index contributed by atoms with van der Waals surface area (Å²) in [4.78, 5) is 37.6. The number of hydrogen-bond acceptors (Lipinski definition) is 6. The van der Waals surface area contributed by atoms with Crippen molar-refractivity contribution in [3.8, 4) is 5.75 Å². The monoisotopic (exact) mass is 472 g/mol. The molecule has 0 aliphatic carbocycles. The fourth-order valence-electron chi connectivity index (χ4n) is 3.26. The minimum absolute atomic E-state index is 0.00952. The third kappa shape index (κ3) is 5.86. The van der Waals surface area contributed by atoms with Crippen molar-refractivity contribution in [2.75, 3.05) is 10.6 Å². The van der Waals surface area contributed by atoms with Crippen LogP contribution in [0, 0.1) is 0 Å². The maximum absolute atomic E-state index is 12.9. The lowest BCUT2D eigenvalue weighted by atomic mass is 10.2. The van der Waals surface area contributed by atoms with Crippen LogP contribution in [0.15, 0.2) is 83.3 Å². The van der Waals surface area contributed by atoms with Gasteiger partial charge in [-0.05, 0) is 57.2 Å². The van der Waals surface area contributed by atoms with Crippen LogP contribution in [0.3, 0.4) is 0 Å². The van der Waals surface area contributed by atoms with Crippen molar-refractivity contribution < 1.29 is 28.3 Å². The number of esters is 1. The number of ether oxygens (including phenoxy) is 2. The molecule has 0 saturated carbocycles. The zero-order valence-corrected chi connectivity index (χ0v) is 19.5. The molecule has 8 nitrogen and oxygen atoms in total. The Morgan fingerprint density at radius 3 is 2.14 bits per heavy atom. The van der Waals surface area contributed by atoms with Gasteiger partial charge in [-0.1, -0.05) is 42.5 Å². The number of carbonyl (C=O) groups excluding carboxylic acids is 3. The van der Waals surface area contributed by atoms with Crippen LogP contribution in [-0.2, 0) is 4.74 Å². The van der Waals surface area contributed by atoms with Gasteiger partial charge < -0.3 is 19.2 Å². The fraction of sp³-hybridized carbons (Fsp3) is 0.148. The molecule has 4 aromatic rings. The number of furan rings is 1. The smallest absolute Gasteiger partial charge is 0.412 e. The van der Waals surface area contributed by atoms with Crippen LogP contribution in [0.2, 0.25) is 0 Å². The lowest BCUT2D eigenvalue weighted by Gasteiger charge is -2.20. The molecule has 0 bridgehead atoms. The van der Waals surface area contributed by atoms with Crippen LogP contribution >= 0.6 is 0 Å². The first kappa shape index (κ1) is 23.6. The molecule has 0 spiro atoms. The highest BCUT2D eigenvalue weighted by atomic mass is 16.6. The van der Waals surface area contributed by atoms with E-state index in [-0.39, 0.29) is 17.1 Å². The molecule has 35 heavy (non-hydrogen) atoms. The minimum Gasteiger partial charge on any atom is -0.447 e. The van der Waals surface area contributed by atoms with E-state index in [1.165, 1.54) is 0 Å². The summed E-state index contributed by atoms with van der Waals surface area (Å²) >= 11 is 0. The second kappa shape index (κ2) is 9.72. The Morgan fingerprint density at radius 1 is 0.800 bits per heavy atom. The Kier molecular flexibility index (Phi) is 6.55. The van der Waals surface area contributed by atoms with Crippen molar-refractivity contribution in [3.05, 3.63) is 90.2 Å². The summed E-state index contributed by atoms with van der Waals surface area (Å²) in [6.45, 7) is 5.27. The quantitative estimate of drug-likeness (QED) is 0.263. The van der Waals surface area contributed by atoms with E-state index in [0.29, 0.717) is 22.3 Å². The first-order valence-corrected chi connectivity index (χ1v) is 10.9. The molecule has 3 aromatic carbocycles. The summed E-state index contributed by atoms with van der Waals surface area (Å²) in [5.74, 6) is -0.875. The van der Waals surface area contributed by atoms with E-state index in [1.54, 1.807) is 99.6 Å². The SMILES string of the molecule is CC(C)(C)OC(=O)Nc1ccccc1NC(=O)c1cc2cccc(OC(=O)c3ccccc3)c2o1. The van der Waals surface area contributed by atoms with Crippen molar-refractivity contribution >= 4 is 40.3 Å². The van der Waals surface area contributed by atoms with Crippen LogP contribution in [0.25, 0.3) is 11.0 Å². The van der Waals surface area contributed by atoms with Gasteiger partial charge in [-0.25, -0.2) is 9.59 Å². The molecule has 0 aliphatic heterocycles. The maximum Gasteiger partial charge on any atom is 0.412 e. The van der Waals surface area contributed by atoms with Gasteiger partial charge in [0.15, 0.2) is 17.1 Å². The van der Waals surface area contributed by atoms with Crippen molar-refractivity contribution in [1.82, 2.24) is 0 Å². The number of anilines is 2. The second-order valence-corrected chi connectivity index (χ2v) is 8.67. The summed E-state index contributed by atoms with van der Waals surface area (Å²) in [7, 11) is 0. The average Bonchev–Trinajstić information content (AvgIpc) is 3.25. The molecule has 0 unspecified atom stereocenters. The third-order valence-electron chi connectivity index (χ3n) is 4.75. The number of amides is 2. The van der Waals surface area contributed by atoms with E-state index in [1.807, 2.05) is 0 Å². The lowest BCUT2D eigenvalue weighted by molar-refractivity contribution is 0.0634. The Bertz CT molecular complexity index is 1390. The molecular weight excluding hydrogens is 448 g/mol. The van der Waals surface area contributed by atoms with Gasteiger partial charge in [0.05, 0.1) is 16.9 Å². The molecule has 0 atom stereocenters. The fourth-order valence-corrected chi connectivity index (χ4v) is 3.26. The number of hydrogen-bond donors (Lipinski definition) is 2. The van der Waals surface area contributed by atoms with Crippen LogP contribution in [0.4, 0.5) is 16.2 Å². The first-order valence-electron chi connectivity index (χ1n) is 10.9. The highest BCUT2D eigenvalue weighted by Crippen LogP contribution is 2.30. The summed E-state index contributed by atoms with van der Waals surface area (Å²) in [6.07, 6.45) is -0.646. The zero-order valence-electron chi connectivity index (χ0n) is 19.5. The van der Waals surface area contributed by atoms with Crippen molar-refractivity contribution in [1.29, 1.82) is 0 Å². The third-order valence-corrected chi connectivity index (χ3v) is 4.75. The highest BCUT2D eigenvalue weighted by molar-refractivity contribution is 6.07. The molecule has 178 valence electrons. The van der Waals surface area contributed by atoms with Crippen LogP contribution in [-0.4, -0.2) is 23.6 Å². The van der Waals surface area contributed by atoms with Crippen molar-refractivity contribution in [2.45, 2.75) is 26.4 Å². The summed E-state index contributed by atoms with van der Waals surface area (Å²) < 4.78 is 16.5. The van der Waals surface area contributed by atoms with Crippen LogP contribution in [0.1, 0.15) is 41.7 Å². The van der Waals surface area contributed by atoms with Gasteiger partial charge in [0, 0.05) is 5.39 Å². The molecule has 0 saturated heterocycles. The van der Waals surface area contributed by atoms with E-state index in [0.717, 1.165) is 0 Å². The normalized spacial score (nSPS) is 11.1. The van der Waals surface area contributed by atoms with Gasteiger partial charge >= 0.3 is 12.1 Å². The van der Waals surface area contributed by atoms with Gasteiger partial charge in [0.25, 0.3) is 5.91 Å². The number of fused-ring (bicyclic) bond motifs is 1. The van der Waals surface area contributed by atoms with E-state index in [9.17, 15) is 14.4 Å². The molecule has 2 N–H and O–H groups in total. The summed E-state index contributed by atoms with van der Waals surface area (Å²) in [5, 5.41) is 5.96. The van der Waals surface area contributed by atoms with Crippen molar-refractivity contribution in [2.24, 2.45) is 0 Å². The molecule has 0 radical (unpaired) electrons. The molecule has 0 aliphatic rings. The number of rotatable bonds is 5. The standard InChI is InChI=1S/C27H24N2O6/c1-27(2,3)35-26(32)29-20-14-8-7-13-19(20)28-24(30)22-16-18-12-9-15-21(23(18)33-22)34-25(31)17-10-5-4-6-11-17/h4-16H,1-3H3,(H,28,30)(H,29,32). The number of para-hydroxylation sites is 3. The number of benzene rings is 3. The van der Waals surface area contributed by atoms with Gasteiger partial charge in [-0.3, -0.25) is 10.1 Å². The molecule has 1 aromatic heterocycles. The molecule has 8 heteroatoms. The molecule has 0 fully saturated rings. The van der Waals surface area contributed by atoms with E-state index in [4.69, 9.17) is 13.9 Å². The van der Waals surface area contributed by atoms with Crippen LogP contribution < -0.4 is 15.4 Å². The summed E-state index contributed by atoms with van der Waals surface area (Å²) in [5.41, 5.74) is 0.714. The topological polar surface area (TPSA) is 107 Å². The van der Waals surface area contributed by atoms with Gasteiger partial charge in [0.1, 0.15) is 5.60 Å². The molecule has 2 amide bonds. The van der Waals surface area contributed by atoms with Gasteiger partial charge in [-0.15, -0.1) is 0 Å². The van der Waals surface area contributed by atoms with Gasteiger partial charge in [-0.2, -0.15) is 0 Å². The Labute approximate surface area is 201 Å². The molecule has 1 heterocycles. The maximum atomic E-state index is 12.9. The van der Waals surface area contributed by atoms with E-state index < -0.39 is 23.6 Å². The minimum atomic E-state index is -0.668. The second-order valence-electron chi connectivity index (χ2n) is 8.67. The van der Waals surface area contributed by atoms with Crippen LogP contribution in [0.5, 0.6) is 5.75 Å². The zero-order chi connectivity index (χ0) is 25.0. The lowest BCUT2D eigenvalue weighted by Crippen LogP contribution is -2.27.